The zero-order chi connectivity index (χ0) is 13.2. The molecule has 0 unspecified atom stereocenters. The zero-order valence-electron chi connectivity index (χ0n) is 10.9. The fraction of sp³-hybridized carbons (Fsp3) is 0.235. The SMILES string of the molecule is Cc1ccc(-c2cccc3c2O[C@H](CC#N)C3)cc1. The fourth-order valence-electron chi connectivity index (χ4n) is 2.51. The molecule has 0 N–H and O–H groups in total. The van der Waals surface area contributed by atoms with Crippen LogP contribution in [0, 0.1) is 18.3 Å². The molecule has 2 heteroatoms. The van der Waals surface area contributed by atoms with E-state index < -0.39 is 0 Å². The average Bonchev–Trinajstić information content (AvgIpc) is 2.82. The van der Waals surface area contributed by atoms with Crippen LogP contribution in [0.25, 0.3) is 11.1 Å². The molecule has 0 amide bonds. The van der Waals surface area contributed by atoms with Gasteiger partial charge >= 0.3 is 0 Å². The number of fused-ring (bicyclic) bond motifs is 1. The third-order valence-corrected chi connectivity index (χ3v) is 3.51. The van der Waals surface area contributed by atoms with E-state index in [2.05, 4.69) is 55.5 Å². The molecule has 0 aromatic heterocycles. The van der Waals surface area contributed by atoms with Gasteiger partial charge < -0.3 is 4.74 Å². The first-order valence-electron chi connectivity index (χ1n) is 6.50. The van der Waals surface area contributed by atoms with Crippen molar-refractivity contribution in [1.82, 2.24) is 0 Å². The second kappa shape index (κ2) is 4.78. The van der Waals surface area contributed by atoms with E-state index in [1.54, 1.807) is 0 Å². The van der Waals surface area contributed by atoms with E-state index in [9.17, 15) is 0 Å². The van der Waals surface area contributed by atoms with Gasteiger partial charge in [-0.1, -0.05) is 48.0 Å². The summed E-state index contributed by atoms with van der Waals surface area (Å²) < 4.78 is 5.94. The van der Waals surface area contributed by atoms with E-state index in [1.165, 1.54) is 16.7 Å². The first-order valence-corrected chi connectivity index (χ1v) is 6.50. The van der Waals surface area contributed by atoms with Crippen LogP contribution in [0.5, 0.6) is 5.75 Å². The molecule has 0 aliphatic carbocycles. The Kier molecular flexibility index (Phi) is 2.97. The Morgan fingerprint density at radius 2 is 2.00 bits per heavy atom. The molecular formula is C17H15NO. The van der Waals surface area contributed by atoms with E-state index in [0.29, 0.717) is 6.42 Å². The van der Waals surface area contributed by atoms with Gasteiger partial charge in [0.15, 0.2) is 0 Å². The van der Waals surface area contributed by atoms with Gasteiger partial charge in [-0.2, -0.15) is 5.26 Å². The van der Waals surface area contributed by atoms with Crippen LogP contribution in [0.3, 0.4) is 0 Å². The van der Waals surface area contributed by atoms with E-state index in [1.807, 2.05) is 0 Å². The standard InChI is InChI=1S/C17H15NO/c1-12-5-7-13(8-6-12)16-4-2-3-14-11-15(9-10-18)19-17(14)16/h2-8,15H,9,11H2,1H3/t15-/m1/s1. The van der Waals surface area contributed by atoms with Crippen molar-refractivity contribution in [2.75, 3.05) is 0 Å². The highest BCUT2D eigenvalue weighted by molar-refractivity contribution is 5.73. The van der Waals surface area contributed by atoms with Crippen LogP contribution in [0.1, 0.15) is 17.5 Å². The van der Waals surface area contributed by atoms with Crippen LogP contribution in [-0.2, 0) is 6.42 Å². The van der Waals surface area contributed by atoms with Crippen LogP contribution in [0.4, 0.5) is 0 Å². The van der Waals surface area contributed by atoms with Gasteiger partial charge in [-0.15, -0.1) is 0 Å². The van der Waals surface area contributed by atoms with Crippen molar-refractivity contribution in [2.45, 2.75) is 25.9 Å². The number of nitrogens with zero attached hydrogens (tertiary/aromatic N) is 1. The lowest BCUT2D eigenvalue weighted by Crippen LogP contribution is -2.11. The molecule has 2 aromatic rings. The van der Waals surface area contributed by atoms with E-state index in [-0.39, 0.29) is 6.10 Å². The maximum absolute atomic E-state index is 8.79. The minimum atomic E-state index is 0.00611. The van der Waals surface area contributed by atoms with Crippen molar-refractivity contribution < 1.29 is 4.74 Å². The summed E-state index contributed by atoms with van der Waals surface area (Å²) in [5.74, 6) is 0.951. The Balaban J connectivity index is 2.00. The molecule has 0 saturated carbocycles. The van der Waals surface area contributed by atoms with Crippen molar-refractivity contribution in [3.8, 4) is 22.9 Å². The summed E-state index contributed by atoms with van der Waals surface area (Å²) in [4.78, 5) is 0. The highest BCUT2D eigenvalue weighted by atomic mass is 16.5. The van der Waals surface area contributed by atoms with Crippen LogP contribution < -0.4 is 4.74 Å². The lowest BCUT2D eigenvalue weighted by atomic mass is 9.99. The molecule has 1 aliphatic rings. The molecule has 1 aliphatic heterocycles. The molecule has 0 radical (unpaired) electrons. The summed E-state index contributed by atoms with van der Waals surface area (Å²) in [6.07, 6.45) is 1.29. The summed E-state index contributed by atoms with van der Waals surface area (Å²) in [5.41, 5.74) is 4.75. The predicted octanol–water partition coefficient (Wildman–Crippen LogP) is 3.88. The molecule has 0 spiro atoms. The molecule has 3 rings (SSSR count). The third-order valence-electron chi connectivity index (χ3n) is 3.51. The molecule has 1 atom stereocenters. The second-order valence-electron chi connectivity index (χ2n) is 4.97. The lowest BCUT2D eigenvalue weighted by Gasteiger charge is -2.10. The molecule has 94 valence electrons. The quantitative estimate of drug-likeness (QED) is 0.809. The number of benzene rings is 2. The monoisotopic (exact) mass is 249 g/mol. The van der Waals surface area contributed by atoms with Gasteiger partial charge in [0.1, 0.15) is 11.9 Å². The van der Waals surface area contributed by atoms with Gasteiger partial charge in [0, 0.05) is 12.0 Å². The largest absolute Gasteiger partial charge is 0.488 e. The lowest BCUT2D eigenvalue weighted by molar-refractivity contribution is 0.239. The fourth-order valence-corrected chi connectivity index (χ4v) is 2.51. The average molecular weight is 249 g/mol. The van der Waals surface area contributed by atoms with Gasteiger partial charge in [-0.05, 0) is 18.1 Å². The number of nitriles is 1. The first-order chi connectivity index (χ1) is 9.28. The van der Waals surface area contributed by atoms with Crippen LogP contribution in [-0.4, -0.2) is 6.10 Å². The number of hydrogen-bond acceptors (Lipinski definition) is 2. The topological polar surface area (TPSA) is 33.0 Å². The zero-order valence-corrected chi connectivity index (χ0v) is 10.9. The summed E-state index contributed by atoms with van der Waals surface area (Å²) >= 11 is 0. The number of para-hydroxylation sites is 1. The molecule has 19 heavy (non-hydrogen) atoms. The van der Waals surface area contributed by atoms with E-state index in [4.69, 9.17) is 10.00 Å². The Morgan fingerprint density at radius 3 is 2.74 bits per heavy atom. The van der Waals surface area contributed by atoms with Gasteiger partial charge in [-0.3, -0.25) is 0 Å². The summed E-state index contributed by atoms with van der Waals surface area (Å²) in [7, 11) is 0. The minimum absolute atomic E-state index is 0.00611. The highest BCUT2D eigenvalue weighted by Gasteiger charge is 2.25. The van der Waals surface area contributed by atoms with Gasteiger partial charge in [0.25, 0.3) is 0 Å². The second-order valence-corrected chi connectivity index (χ2v) is 4.97. The van der Waals surface area contributed by atoms with Crippen LogP contribution in [0.15, 0.2) is 42.5 Å². The molecule has 0 bridgehead atoms. The number of aryl methyl sites for hydroxylation is 1. The van der Waals surface area contributed by atoms with Crippen molar-refractivity contribution in [3.05, 3.63) is 53.6 Å². The Morgan fingerprint density at radius 1 is 1.21 bits per heavy atom. The number of hydrogen-bond donors (Lipinski definition) is 0. The van der Waals surface area contributed by atoms with Crippen molar-refractivity contribution in [2.24, 2.45) is 0 Å². The molecular weight excluding hydrogens is 234 g/mol. The molecule has 1 heterocycles. The maximum atomic E-state index is 8.79. The normalized spacial score (nSPS) is 16.5. The Labute approximate surface area is 113 Å². The van der Waals surface area contributed by atoms with Gasteiger partial charge in [0.2, 0.25) is 0 Å². The van der Waals surface area contributed by atoms with E-state index >= 15 is 0 Å². The van der Waals surface area contributed by atoms with Gasteiger partial charge in [0.05, 0.1) is 12.5 Å². The Bertz CT molecular complexity index is 637. The van der Waals surface area contributed by atoms with E-state index in [0.717, 1.165) is 17.7 Å². The minimum Gasteiger partial charge on any atom is -0.488 e. The number of ether oxygens (including phenoxy) is 1. The number of rotatable bonds is 2. The van der Waals surface area contributed by atoms with Crippen molar-refractivity contribution >= 4 is 0 Å². The maximum Gasteiger partial charge on any atom is 0.130 e. The molecule has 2 aromatic carbocycles. The Hall–Kier alpha value is -2.27. The van der Waals surface area contributed by atoms with Crippen LogP contribution in [0.2, 0.25) is 0 Å². The highest BCUT2D eigenvalue weighted by Crippen LogP contribution is 2.39. The van der Waals surface area contributed by atoms with Gasteiger partial charge in [-0.25, -0.2) is 0 Å². The van der Waals surface area contributed by atoms with Crippen molar-refractivity contribution in [1.29, 1.82) is 5.26 Å². The smallest absolute Gasteiger partial charge is 0.130 e. The summed E-state index contributed by atoms with van der Waals surface area (Å²) in [6.45, 7) is 2.08. The molecule has 0 saturated heterocycles. The van der Waals surface area contributed by atoms with Crippen molar-refractivity contribution in [3.63, 3.8) is 0 Å². The first kappa shape index (κ1) is 11.8. The molecule has 2 nitrogen and oxygen atoms in total. The summed E-state index contributed by atoms with van der Waals surface area (Å²) in [5, 5.41) is 8.79. The molecule has 0 fully saturated rings. The van der Waals surface area contributed by atoms with Crippen LogP contribution >= 0.6 is 0 Å². The third kappa shape index (κ3) is 2.20. The predicted molar refractivity (Wildman–Crippen MR) is 75.0 cm³/mol. The summed E-state index contributed by atoms with van der Waals surface area (Å²) in [6, 6.07) is 16.9.